The maximum absolute atomic E-state index is 13.1. The average Bonchev–Trinajstić information content (AvgIpc) is 3.13. The quantitative estimate of drug-likeness (QED) is 0.743. The Morgan fingerprint density at radius 3 is 2.46 bits per heavy atom. The second kappa shape index (κ2) is 8.36. The Kier molecular flexibility index (Phi) is 4.37. The molecule has 1 heterocycles. The number of nitrogens with zero attached hydrogens (tertiary/aromatic N) is 1. The van der Waals surface area contributed by atoms with Crippen molar-refractivity contribution in [2.45, 2.75) is 32.2 Å². The lowest BCUT2D eigenvalue weighted by atomic mass is 9.85. The average molecular weight is 384 g/mol. The molecule has 148 valence electrons. The van der Waals surface area contributed by atoms with E-state index in [0.717, 1.165) is 12.8 Å². The van der Waals surface area contributed by atoms with Crippen LogP contribution >= 0.6 is 0 Å². The molecule has 2 aliphatic rings. The van der Waals surface area contributed by atoms with E-state index in [2.05, 4.69) is 0 Å². The first-order chi connectivity index (χ1) is 15.3. The third kappa shape index (κ3) is 3.93. The summed E-state index contributed by atoms with van der Waals surface area (Å²) in [6.45, 7) is -0.246. The Labute approximate surface area is 173 Å². The van der Waals surface area contributed by atoms with E-state index in [0.29, 0.717) is 48.5 Å². The van der Waals surface area contributed by atoms with Crippen LogP contribution in [-0.4, -0.2) is 38.0 Å². The largest absolute Gasteiger partial charge is 0.493 e. The first-order valence-electron chi connectivity index (χ1n) is 11.9. The number of rotatable bonds is 6. The van der Waals surface area contributed by atoms with Crippen molar-refractivity contribution in [1.82, 2.24) is 4.90 Å². The van der Waals surface area contributed by atoms with Crippen molar-refractivity contribution in [1.29, 1.82) is 0 Å². The standard InChI is InChI=1S/C24H29NO3/c1-27-22-14-19-13-20(24(26)21(19)15-23(22)28-2)12-17-8-10-25(11-9-17)16-18-6-4-3-5-7-18/h3-7,14-15,17,20H,8-13,16H2,1-2H3/i14D,15D,16D2. The van der Waals surface area contributed by atoms with Crippen LogP contribution in [0.1, 0.15) is 46.2 Å². The number of carbonyl (C=O) groups is 1. The van der Waals surface area contributed by atoms with Gasteiger partial charge in [0.1, 0.15) is 0 Å². The number of benzene rings is 2. The minimum absolute atomic E-state index is 0.00808. The first-order valence-corrected chi connectivity index (χ1v) is 9.88. The molecule has 4 nitrogen and oxygen atoms in total. The fraction of sp³-hybridized carbons (Fsp3) is 0.458. The molecule has 0 aromatic heterocycles. The second-order valence-corrected chi connectivity index (χ2v) is 7.58. The van der Waals surface area contributed by atoms with Crippen molar-refractivity contribution < 1.29 is 19.8 Å². The van der Waals surface area contributed by atoms with Crippen LogP contribution in [0, 0.1) is 11.8 Å². The second-order valence-electron chi connectivity index (χ2n) is 7.58. The van der Waals surface area contributed by atoms with Gasteiger partial charge >= 0.3 is 0 Å². The van der Waals surface area contributed by atoms with Crippen molar-refractivity contribution in [3.8, 4) is 11.5 Å². The van der Waals surface area contributed by atoms with Crippen LogP contribution in [0.25, 0.3) is 0 Å². The fourth-order valence-corrected chi connectivity index (χ4v) is 4.26. The highest BCUT2D eigenvalue weighted by Crippen LogP contribution is 2.39. The number of hydrogen-bond acceptors (Lipinski definition) is 4. The fourth-order valence-electron chi connectivity index (χ4n) is 4.26. The molecule has 2 aromatic carbocycles. The van der Waals surface area contributed by atoms with Gasteiger partial charge in [-0.05, 0) is 67.9 Å². The van der Waals surface area contributed by atoms with E-state index in [4.69, 9.17) is 15.0 Å². The molecule has 2 aromatic rings. The van der Waals surface area contributed by atoms with Gasteiger partial charge in [-0.3, -0.25) is 9.69 Å². The molecule has 1 atom stereocenters. The zero-order chi connectivity index (χ0) is 23.0. The van der Waals surface area contributed by atoms with E-state index in [1.807, 2.05) is 35.2 Å². The van der Waals surface area contributed by atoms with Crippen molar-refractivity contribution in [2.75, 3.05) is 27.3 Å². The predicted octanol–water partition coefficient (Wildman–Crippen LogP) is 4.36. The summed E-state index contributed by atoms with van der Waals surface area (Å²) in [4.78, 5) is 15.0. The highest BCUT2D eigenvalue weighted by Gasteiger charge is 2.34. The molecular formula is C24H29NO3. The Morgan fingerprint density at radius 1 is 1.11 bits per heavy atom. The number of likely N-dealkylation sites (tertiary alicyclic amines) is 1. The third-order valence-electron chi connectivity index (χ3n) is 5.78. The molecule has 1 aliphatic heterocycles. The third-order valence-corrected chi connectivity index (χ3v) is 5.78. The van der Waals surface area contributed by atoms with Gasteiger partial charge in [-0.1, -0.05) is 30.3 Å². The number of carbonyl (C=O) groups excluding carboxylic acids is 1. The summed E-state index contributed by atoms with van der Waals surface area (Å²) < 4.78 is 44.6. The molecule has 4 rings (SSSR count). The molecule has 1 unspecified atom stereocenters. The molecule has 0 amide bonds. The van der Waals surface area contributed by atoms with Crippen LogP contribution in [0.3, 0.4) is 0 Å². The van der Waals surface area contributed by atoms with Crippen molar-refractivity contribution in [3.63, 3.8) is 0 Å². The summed E-state index contributed by atoms with van der Waals surface area (Å²) >= 11 is 0. The van der Waals surface area contributed by atoms with Gasteiger partial charge in [0.05, 0.1) is 17.0 Å². The van der Waals surface area contributed by atoms with Gasteiger partial charge in [-0.25, -0.2) is 0 Å². The number of hydrogen-bond donors (Lipinski definition) is 0. The molecule has 1 aliphatic carbocycles. The lowest BCUT2D eigenvalue weighted by molar-refractivity contribution is 0.0895. The molecule has 0 bridgehead atoms. The smallest absolute Gasteiger partial charge is 0.166 e. The maximum atomic E-state index is 13.1. The molecule has 0 radical (unpaired) electrons. The molecule has 0 spiro atoms. The summed E-state index contributed by atoms with van der Waals surface area (Å²) in [5, 5.41) is 0. The Balaban J connectivity index is 1.45. The number of piperidine rings is 1. The zero-order valence-corrected chi connectivity index (χ0v) is 16.5. The lowest BCUT2D eigenvalue weighted by Crippen LogP contribution is -2.34. The monoisotopic (exact) mass is 383 g/mol. The minimum atomic E-state index is -1.51. The molecule has 0 N–H and O–H groups in total. The van der Waals surface area contributed by atoms with E-state index in [1.54, 1.807) is 0 Å². The van der Waals surface area contributed by atoms with Gasteiger partial charge in [-0.2, -0.15) is 0 Å². The molecule has 28 heavy (non-hydrogen) atoms. The summed E-state index contributed by atoms with van der Waals surface area (Å²) in [5.41, 5.74) is 1.55. The van der Waals surface area contributed by atoms with Crippen molar-refractivity contribution >= 4 is 5.78 Å². The van der Waals surface area contributed by atoms with E-state index >= 15 is 0 Å². The molecular weight excluding hydrogens is 350 g/mol. The number of ether oxygens (including phenoxy) is 2. The molecule has 1 fully saturated rings. The summed E-state index contributed by atoms with van der Waals surface area (Å²) in [5.74, 6) is 0.329. The van der Waals surface area contributed by atoms with Crippen LogP contribution in [-0.2, 0) is 12.9 Å². The molecule has 4 heteroatoms. The van der Waals surface area contributed by atoms with Gasteiger partial charge in [0.15, 0.2) is 17.3 Å². The van der Waals surface area contributed by atoms with Crippen molar-refractivity contribution in [2.24, 2.45) is 11.8 Å². The van der Waals surface area contributed by atoms with Crippen LogP contribution in [0.15, 0.2) is 42.4 Å². The molecule has 1 saturated heterocycles. The first kappa shape index (κ1) is 14.6. The summed E-state index contributed by atoms with van der Waals surface area (Å²) in [6.07, 6.45) is 2.78. The van der Waals surface area contributed by atoms with Gasteiger partial charge in [0.2, 0.25) is 0 Å². The highest BCUT2D eigenvalue weighted by atomic mass is 16.5. The van der Waals surface area contributed by atoms with Crippen molar-refractivity contribution in [3.05, 3.63) is 59.1 Å². The predicted molar refractivity (Wildman–Crippen MR) is 110 cm³/mol. The van der Waals surface area contributed by atoms with Gasteiger partial charge in [0.25, 0.3) is 0 Å². The Bertz CT molecular complexity index is 1000. The van der Waals surface area contributed by atoms with E-state index in [9.17, 15) is 4.79 Å². The normalized spacial score (nSPS) is 22.8. The SMILES string of the molecule is [2H]c1c2c(c([2H])c(OC)c1OC)C(=O)C(CC1CCN(C([2H])([2H])c3ccccc3)CC1)C2. The summed E-state index contributed by atoms with van der Waals surface area (Å²) in [7, 11) is 2.86. The van der Waals surface area contributed by atoms with Crippen LogP contribution < -0.4 is 9.47 Å². The number of Topliss-reactive ketones (excluding diaryl/α,β-unsaturated/α-hetero) is 1. The van der Waals surface area contributed by atoms with E-state index in [-0.39, 0.29) is 35.3 Å². The van der Waals surface area contributed by atoms with Crippen LogP contribution in [0.4, 0.5) is 0 Å². The number of methoxy groups -OCH3 is 2. The van der Waals surface area contributed by atoms with Gasteiger partial charge in [0, 0.05) is 20.7 Å². The highest BCUT2D eigenvalue weighted by molar-refractivity contribution is 6.02. The van der Waals surface area contributed by atoms with Gasteiger partial charge in [-0.15, -0.1) is 0 Å². The number of ketones is 1. The van der Waals surface area contributed by atoms with Crippen LogP contribution in [0.2, 0.25) is 0 Å². The van der Waals surface area contributed by atoms with E-state index < -0.39 is 6.50 Å². The van der Waals surface area contributed by atoms with Gasteiger partial charge < -0.3 is 9.47 Å². The van der Waals surface area contributed by atoms with E-state index in [1.165, 1.54) is 14.2 Å². The molecule has 0 saturated carbocycles. The number of fused-ring (bicyclic) bond motifs is 1. The Hall–Kier alpha value is -2.33. The zero-order valence-electron chi connectivity index (χ0n) is 20.5. The van der Waals surface area contributed by atoms with Crippen LogP contribution in [0.5, 0.6) is 11.5 Å². The lowest BCUT2D eigenvalue weighted by Gasteiger charge is -2.32. The summed E-state index contributed by atoms with van der Waals surface area (Å²) in [6, 6.07) is 9.38. The topological polar surface area (TPSA) is 38.8 Å². The minimum Gasteiger partial charge on any atom is -0.493 e. The Morgan fingerprint density at radius 2 is 1.79 bits per heavy atom. The maximum Gasteiger partial charge on any atom is 0.166 e.